The van der Waals surface area contributed by atoms with Crippen LogP contribution in [0.2, 0.25) is 0 Å². The molecule has 2 rings (SSSR count). The third kappa shape index (κ3) is 4.64. The summed E-state index contributed by atoms with van der Waals surface area (Å²) in [6.45, 7) is 8.83. The normalized spacial score (nSPS) is 21.3. The highest BCUT2D eigenvalue weighted by atomic mass is 19.4. The van der Waals surface area contributed by atoms with Crippen LogP contribution in [0.5, 0.6) is 0 Å². The monoisotopic (exact) mass is 393 g/mol. The van der Waals surface area contributed by atoms with Crippen molar-refractivity contribution in [1.82, 2.24) is 9.88 Å². The van der Waals surface area contributed by atoms with Gasteiger partial charge in [-0.25, -0.2) is 9.59 Å². The molecule has 1 N–H and O–H groups in total. The van der Waals surface area contributed by atoms with Crippen LogP contribution in [-0.2, 0) is 10.9 Å². The van der Waals surface area contributed by atoms with E-state index in [0.29, 0.717) is 0 Å². The van der Waals surface area contributed by atoms with E-state index < -0.39 is 53.4 Å². The molecule has 0 spiro atoms. The maximum absolute atomic E-state index is 13.0. The SMILES string of the molecule is CC1CN(c2nc(C(=O)O)c(C(F)(F)F)o2)CC(C)N1C(=O)OC(C)(C)C. The highest BCUT2D eigenvalue weighted by Crippen LogP contribution is 2.35. The van der Waals surface area contributed by atoms with Crippen LogP contribution < -0.4 is 4.90 Å². The molecule has 11 heteroatoms. The van der Waals surface area contributed by atoms with E-state index in [2.05, 4.69) is 4.98 Å². The van der Waals surface area contributed by atoms with Crippen LogP contribution in [0.15, 0.2) is 4.42 Å². The number of anilines is 1. The Morgan fingerprint density at radius 3 is 2.07 bits per heavy atom. The zero-order valence-electron chi connectivity index (χ0n) is 15.6. The molecular formula is C16H22F3N3O5. The largest absolute Gasteiger partial charge is 0.476 e. The van der Waals surface area contributed by atoms with Crippen molar-refractivity contribution in [2.45, 2.75) is 58.5 Å². The van der Waals surface area contributed by atoms with Crippen molar-refractivity contribution in [3.05, 3.63) is 11.5 Å². The van der Waals surface area contributed by atoms with Crippen LogP contribution in [0, 0.1) is 0 Å². The van der Waals surface area contributed by atoms with Gasteiger partial charge in [-0.2, -0.15) is 18.2 Å². The number of oxazole rings is 1. The number of aromatic nitrogens is 1. The van der Waals surface area contributed by atoms with E-state index in [1.165, 1.54) is 9.80 Å². The predicted octanol–water partition coefficient (Wildman–Crippen LogP) is 3.23. The summed E-state index contributed by atoms with van der Waals surface area (Å²) >= 11 is 0. The van der Waals surface area contributed by atoms with Crippen molar-refractivity contribution in [1.29, 1.82) is 0 Å². The van der Waals surface area contributed by atoms with E-state index >= 15 is 0 Å². The molecule has 0 saturated carbocycles. The summed E-state index contributed by atoms with van der Waals surface area (Å²) in [6, 6.07) is -1.28. The van der Waals surface area contributed by atoms with Gasteiger partial charge in [-0.3, -0.25) is 4.90 Å². The Hall–Kier alpha value is -2.46. The minimum atomic E-state index is -4.98. The van der Waals surface area contributed by atoms with Gasteiger partial charge in [-0.05, 0) is 34.6 Å². The van der Waals surface area contributed by atoms with Gasteiger partial charge in [0.15, 0.2) is 0 Å². The summed E-state index contributed by atoms with van der Waals surface area (Å²) in [5, 5.41) is 8.96. The second kappa shape index (κ2) is 6.93. The van der Waals surface area contributed by atoms with Gasteiger partial charge in [0.25, 0.3) is 6.01 Å². The Labute approximate surface area is 153 Å². The molecule has 2 unspecified atom stereocenters. The number of alkyl halides is 3. The zero-order valence-corrected chi connectivity index (χ0v) is 15.6. The molecule has 1 aromatic rings. The molecule has 27 heavy (non-hydrogen) atoms. The minimum Gasteiger partial charge on any atom is -0.476 e. The van der Waals surface area contributed by atoms with Crippen molar-refractivity contribution in [2.75, 3.05) is 18.0 Å². The summed E-state index contributed by atoms with van der Waals surface area (Å²) in [7, 11) is 0. The predicted molar refractivity (Wildman–Crippen MR) is 87.7 cm³/mol. The molecule has 8 nitrogen and oxygen atoms in total. The number of carboxylic acid groups (broad SMARTS) is 1. The van der Waals surface area contributed by atoms with Crippen molar-refractivity contribution in [2.24, 2.45) is 0 Å². The Morgan fingerprint density at radius 2 is 1.70 bits per heavy atom. The summed E-state index contributed by atoms with van der Waals surface area (Å²) in [6.07, 6.45) is -5.51. The molecule has 1 amide bonds. The van der Waals surface area contributed by atoms with Crippen LogP contribution in [0.4, 0.5) is 24.0 Å². The maximum atomic E-state index is 13.0. The molecule has 1 aliphatic heterocycles. The third-order valence-electron chi connectivity index (χ3n) is 3.87. The Balaban J connectivity index is 2.24. The van der Waals surface area contributed by atoms with Gasteiger partial charge in [0.2, 0.25) is 11.5 Å². The van der Waals surface area contributed by atoms with Crippen molar-refractivity contribution < 1.29 is 37.0 Å². The number of halogens is 3. The molecule has 1 saturated heterocycles. The number of hydrogen-bond donors (Lipinski definition) is 1. The van der Waals surface area contributed by atoms with Gasteiger partial charge in [0.1, 0.15) is 5.60 Å². The molecular weight excluding hydrogens is 371 g/mol. The molecule has 0 radical (unpaired) electrons. The summed E-state index contributed by atoms with van der Waals surface area (Å²) in [5.41, 5.74) is -1.87. The Bertz CT molecular complexity index is 714. The molecule has 1 aliphatic rings. The first kappa shape index (κ1) is 20.8. The molecule has 1 aromatic heterocycles. The lowest BCUT2D eigenvalue weighted by Gasteiger charge is -2.43. The van der Waals surface area contributed by atoms with E-state index in [-0.39, 0.29) is 13.1 Å². The standard InChI is InChI=1S/C16H22F3N3O5/c1-8-6-21(7-9(2)22(8)14(25)27-15(3,4)5)13-20-10(12(23)24)11(26-13)16(17,18)19/h8-9H,6-7H2,1-5H3,(H,23,24). The second-order valence-corrected chi connectivity index (χ2v) is 7.47. The lowest BCUT2D eigenvalue weighted by atomic mass is 10.1. The zero-order chi connectivity index (χ0) is 20.7. The average Bonchev–Trinajstić information content (AvgIpc) is 2.89. The van der Waals surface area contributed by atoms with Crippen LogP contribution in [0.1, 0.15) is 50.9 Å². The lowest BCUT2D eigenvalue weighted by Crippen LogP contribution is -2.59. The van der Waals surface area contributed by atoms with E-state index in [0.717, 1.165) is 0 Å². The number of ether oxygens (including phenoxy) is 1. The first-order valence-corrected chi connectivity index (χ1v) is 8.28. The topological polar surface area (TPSA) is 96.1 Å². The number of carbonyl (C=O) groups excluding carboxylic acids is 1. The number of carbonyl (C=O) groups is 2. The van der Waals surface area contributed by atoms with Crippen molar-refractivity contribution in [3.8, 4) is 0 Å². The van der Waals surface area contributed by atoms with Gasteiger partial charge < -0.3 is 19.2 Å². The van der Waals surface area contributed by atoms with Crippen LogP contribution in [-0.4, -0.2) is 57.8 Å². The molecule has 2 atom stereocenters. The van der Waals surface area contributed by atoms with Crippen LogP contribution in [0.25, 0.3) is 0 Å². The van der Waals surface area contributed by atoms with Gasteiger partial charge >= 0.3 is 18.2 Å². The number of aromatic carboxylic acids is 1. The van der Waals surface area contributed by atoms with E-state index in [9.17, 15) is 22.8 Å². The van der Waals surface area contributed by atoms with Gasteiger partial charge in [-0.15, -0.1) is 0 Å². The van der Waals surface area contributed by atoms with Gasteiger partial charge in [0, 0.05) is 13.1 Å². The maximum Gasteiger partial charge on any atom is 0.452 e. The van der Waals surface area contributed by atoms with E-state index in [4.69, 9.17) is 14.3 Å². The number of piperazine rings is 1. The second-order valence-electron chi connectivity index (χ2n) is 7.47. The highest BCUT2D eigenvalue weighted by molar-refractivity contribution is 5.87. The fourth-order valence-electron chi connectivity index (χ4n) is 2.93. The lowest BCUT2D eigenvalue weighted by molar-refractivity contribution is -0.153. The number of amides is 1. The molecule has 0 bridgehead atoms. The van der Waals surface area contributed by atoms with Crippen LogP contribution >= 0.6 is 0 Å². The minimum absolute atomic E-state index is 0.112. The van der Waals surface area contributed by atoms with E-state index in [1.807, 2.05) is 0 Å². The highest BCUT2D eigenvalue weighted by Gasteiger charge is 2.44. The fourth-order valence-corrected chi connectivity index (χ4v) is 2.93. The number of nitrogens with zero attached hydrogens (tertiary/aromatic N) is 3. The summed E-state index contributed by atoms with van der Waals surface area (Å²) < 4.78 is 49.0. The molecule has 0 aromatic carbocycles. The van der Waals surface area contributed by atoms with Crippen LogP contribution in [0.3, 0.4) is 0 Å². The number of rotatable bonds is 2. The molecule has 152 valence electrons. The van der Waals surface area contributed by atoms with Crippen molar-refractivity contribution in [3.63, 3.8) is 0 Å². The first-order valence-electron chi connectivity index (χ1n) is 8.28. The summed E-state index contributed by atoms with van der Waals surface area (Å²) in [5.74, 6) is -3.48. The fraction of sp³-hybridized carbons (Fsp3) is 0.688. The van der Waals surface area contributed by atoms with Crippen molar-refractivity contribution >= 4 is 18.1 Å². The van der Waals surface area contributed by atoms with Gasteiger partial charge in [0.05, 0.1) is 12.1 Å². The number of hydrogen-bond acceptors (Lipinski definition) is 6. The average molecular weight is 393 g/mol. The first-order chi connectivity index (χ1) is 12.2. The molecule has 0 aliphatic carbocycles. The third-order valence-corrected chi connectivity index (χ3v) is 3.87. The summed E-state index contributed by atoms with van der Waals surface area (Å²) in [4.78, 5) is 29.8. The van der Waals surface area contributed by atoms with Gasteiger partial charge in [-0.1, -0.05) is 0 Å². The molecule has 2 heterocycles. The smallest absolute Gasteiger partial charge is 0.452 e. The van der Waals surface area contributed by atoms with E-state index in [1.54, 1.807) is 34.6 Å². The quantitative estimate of drug-likeness (QED) is 0.824. The Morgan fingerprint density at radius 1 is 1.19 bits per heavy atom. The number of carboxylic acids is 1. The Kier molecular flexibility index (Phi) is 5.35. The molecule has 1 fully saturated rings.